The predicted molar refractivity (Wildman–Crippen MR) is 73.8 cm³/mol. The lowest BCUT2D eigenvalue weighted by Crippen LogP contribution is -2.55. The molecule has 20 heavy (non-hydrogen) atoms. The number of nitrogens with zero attached hydrogens (tertiary/aromatic N) is 2. The first-order chi connectivity index (χ1) is 9.52. The lowest BCUT2D eigenvalue weighted by atomic mass is 9.81. The number of hydrogen-bond acceptors (Lipinski definition) is 3. The number of carbonyl (C=O) groups excluding carboxylic acids is 1. The summed E-state index contributed by atoms with van der Waals surface area (Å²) in [5.74, 6) is -1.32. The monoisotopic (exact) mass is 277 g/mol. The Morgan fingerprint density at radius 2 is 2.10 bits per heavy atom. The summed E-state index contributed by atoms with van der Waals surface area (Å²) < 4.78 is 1.64. The van der Waals surface area contributed by atoms with E-state index in [1.807, 2.05) is 0 Å². The zero-order chi connectivity index (χ0) is 14.6. The molecule has 0 aromatic carbocycles. The molecule has 1 saturated carbocycles. The Morgan fingerprint density at radius 1 is 1.40 bits per heavy atom. The average Bonchev–Trinajstić information content (AvgIpc) is 2.83. The summed E-state index contributed by atoms with van der Waals surface area (Å²) in [6.07, 6.45) is 10.1. The molecule has 2 rings (SSSR count). The van der Waals surface area contributed by atoms with Gasteiger partial charge >= 0.3 is 5.97 Å². The summed E-state index contributed by atoms with van der Waals surface area (Å²) in [5, 5.41) is 16.0. The summed E-state index contributed by atoms with van der Waals surface area (Å²) in [7, 11) is 1.79. The van der Waals surface area contributed by atoms with Crippen LogP contribution in [0.3, 0.4) is 0 Å². The summed E-state index contributed by atoms with van der Waals surface area (Å²) in [6.45, 7) is 0. The lowest BCUT2D eigenvalue weighted by Gasteiger charge is -2.33. The van der Waals surface area contributed by atoms with Gasteiger partial charge in [0.25, 0.3) is 0 Å². The number of carbonyl (C=O) groups is 2. The van der Waals surface area contributed by atoms with Crippen molar-refractivity contribution in [3.8, 4) is 0 Å². The van der Waals surface area contributed by atoms with Crippen molar-refractivity contribution in [2.24, 2.45) is 7.05 Å². The Labute approximate surface area is 117 Å². The molecule has 1 aliphatic carbocycles. The minimum absolute atomic E-state index is 0.377. The van der Waals surface area contributed by atoms with E-state index in [0.717, 1.165) is 24.8 Å². The third kappa shape index (κ3) is 3.26. The Balaban J connectivity index is 2.01. The van der Waals surface area contributed by atoms with E-state index in [1.54, 1.807) is 30.2 Å². The van der Waals surface area contributed by atoms with Gasteiger partial charge in [-0.05, 0) is 18.9 Å². The van der Waals surface area contributed by atoms with Crippen molar-refractivity contribution in [3.05, 3.63) is 24.0 Å². The van der Waals surface area contributed by atoms with Gasteiger partial charge in [0.1, 0.15) is 5.54 Å². The lowest BCUT2D eigenvalue weighted by molar-refractivity contribution is -0.148. The summed E-state index contributed by atoms with van der Waals surface area (Å²) in [6, 6.07) is 0. The molecule has 0 bridgehead atoms. The molecule has 1 aromatic heterocycles. The molecule has 6 heteroatoms. The molecule has 1 aromatic rings. The van der Waals surface area contributed by atoms with Crippen molar-refractivity contribution in [3.63, 3.8) is 0 Å². The molecule has 1 amide bonds. The van der Waals surface area contributed by atoms with Crippen LogP contribution in [0.25, 0.3) is 6.08 Å². The molecule has 0 saturated heterocycles. The van der Waals surface area contributed by atoms with Crippen LogP contribution in [-0.4, -0.2) is 32.3 Å². The van der Waals surface area contributed by atoms with Gasteiger partial charge in [-0.2, -0.15) is 5.10 Å². The highest BCUT2D eigenvalue weighted by molar-refractivity contribution is 5.95. The number of carboxylic acids is 1. The van der Waals surface area contributed by atoms with Crippen LogP contribution < -0.4 is 5.32 Å². The molecule has 6 nitrogen and oxygen atoms in total. The van der Waals surface area contributed by atoms with Crippen LogP contribution in [0, 0.1) is 0 Å². The number of aliphatic carboxylic acids is 1. The quantitative estimate of drug-likeness (QED) is 0.813. The van der Waals surface area contributed by atoms with E-state index in [4.69, 9.17) is 0 Å². The molecular weight excluding hydrogens is 258 g/mol. The number of carboxylic acid groups (broad SMARTS) is 1. The van der Waals surface area contributed by atoms with Crippen molar-refractivity contribution >= 4 is 18.0 Å². The molecule has 2 N–H and O–H groups in total. The Bertz CT molecular complexity index is 528. The number of amides is 1. The van der Waals surface area contributed by atoms with Crippen molar-refractivity contribution < 1.29 is 14.7 Å². The predicted octanol–water partition coefficient (Wildman–Crippen LogP) is 1.34. The molecule has 0 spiro atoms. The SMILES string of the molecule is Cn1cc(C=CC(=O)NC2(C(=O)O)CCCCC2)cn1. The van der Waals surface area contributed by atoms with Gasteiger partial charge in [-0.25, -0.2) is 4.79 Å². The number of aryl methyl sites for hydroxylation is 1. The fourth-order valence-electron chi connectivity index (χ4n) is 2.52. The van der Waals surface area contributed by atoms with Crippen LogP contribution in [0.15, 0.2) is 18.5 Å². The fraction of sp³-hybridized carbons (Fsp3) is 0.500. The van der Waals surface area contributed by atoms with E-state index in [-0.39, 0.29) is 5.91 Å². The molecule has 1 heterocycles. The van der Waals surface area contributed by atoms with Gasteiger partial charge in [0, 0.05) is 24.9 Å². The maximum absolute atomic E-state index is 11.9. The van der Waals surface area contributed by atoms with Crippen LogP contribution in [0.1, 0.15) is 37.7 Å². The molecule has 1 aliphatic rings. The van der Waals surface area contributed by atoms with E-state index in [2.05, 4.69) is 10.4 Å². The largest absolute Gasteiger partial charge is 0.480 e. The van der Waals surface area contributed by atoms with E-state index in [0.29, 0.717) is 12.8 Å². The highest BCUT2D eigenvalue weighted by Crippen LogP contribution is 2.28. The normalized spacial score (nSPS) is 18.1. The van der Waals surface area contributed by atoms with Gasteiger partial charge in [-0.3, -0.25) is 9.48 Å². The van der Waals surface area contributed by atoms with Crippen LogP contribution in [-0.2, 0) is 16.6 Å². The van der Waals surface area contributed by atoms with Gasteiger partial charge in [-0.15, -0.1) is 0 Å². The maximum atomic E-state index is 11.9. The highest BCUT2D eigenvalue weighted by atomic mass is 16.4. The smallest absolute Gasteiger partial charge is 0.329 e. The number of nitrogens with one attached hydrogen (secondary N) is 1. The third-order valence-electron chi connectivity index (χ3n) is 3.63. The van der Waals surface area contributed by atoms with Gasteiger partial charge in [0.05, 0.1) is 6.20 Å². The van der Waals surface area contributed by atoms with E-state index in [9.17, 15) is 14.7 Å². The van der Waals surface area contributed by atoms with Crippen molar-refractivity contribution in [2.75, 3.05) is 0 Å². The molecule has 0 radical (unpaired) electrons. The van der Waals surface area contributed by atoms with Gasteiger partial charge in [0.2, 0.25) is 5.91 Å². The Morgan fingerprint density at radius 3 is 2.65 bits per heavy atom. The third-order valence-corrected chi connectivity index (χ3v) is 3.63. The van der Waals surface area contributed by atoms with Crippen molar-refractivity contribution in [2.45, 2.75) is 37.6 Å². The summed E-state index contributed by atoms with van der Waals surface area (Å²) in [5.41, 5.74) is -0.301. The second kappa shape index (κ2) is 5.90. The first-order valence-electron chi connectivity index (χ1n) is 6.74. The summed E-state index contributed by atoms with van der Waals surface area (Å²) in [4.78, 5) is 23.3. The van der Waals surface area contributed by atoms with E-state index >= 15 is 0 Å². The minimum atomic E-state index is -1.10. The number of rotatable bonds is 4. The van der Waals surface area contributed by atoms with Crippen LogP contribution >= 0.6 is 0 Å². The molecule has 0 unspecified atom stereocenters. The molecule has 0 atom stereocenters. The van der Waals surface area contributed by atoms with Gasteiger partial charge in [0.15, 0.2) is 0 Å². The van der Waals surface area contributed by atoms with Crippen molar-refractivity contribution in [1.29, 1.82) is 0 Å². The molecule has 0 aliphatic heterocycles. The fourth-order valence-corrected chi connectivity index (χ4v) is 2.52. The Hall–Kier alpha value is -2.11. The first kappa shape index (κ1) is 14.3. The average molecular weight is 277 g/mol. The van der Waals surface area contributed by atoms with Crippen LogP contribution in [0.2, 0.25) is 0 Å². The standard InChI is InChI=1S/C14H19N3O3/c1-17-10-11(9-15-17)5-6-12(18)16-14(13(19)20)7-3-2-4-8-14/h5-6,9-10H,2-4,7-8H2,1H3,(H,16,18)(H,19,20). The second-order valence-electron chi connectivity index (χ2n) is 5.22. The van der Waals surface area contributed by atoms with Crippen LogP contribution in [0.5, 0.6) is 0 Å². The van der Waals surface area contributed by atoms with Gasteiger partial charge < -0.3 is 10.4 Å². The first-order valence-corrected chi connectivity index (χ1v) is 6.74. The number of hydrogen-bond donors (Lipinski definition) is 2. The van der Waals surface area contributed by atoms with E-state index < -0.39 is 11.5 Å². The van der Waals surface area contributed by atoms with Crippen molar-refractivity contribution in [1.82, 2.24) is 15.1 Å². The summed E-state index contributed by atoms with van der Waals surface area (Å²) >= 11 is 0. The molecular formula is C14H19N3O3. The van der Waals surface area contributed by atoms with Crippen LogP contribution in [0.4, 0.5) is 0 Å². The molecule has 1 fully saturated rings. The highest BCUT2D eigenvalue weighted by Gasteiger charge is 2.40. The Kier molecular flexibility index (Phi) is 4.22. The zero-order valence-electron chi connectivity index (χ0n) is 11.5. The topological polar surface area (TPSA) is 84.2 Å². The van der Waals surface area contributed by atoms with E-state index in [1.165, 1.54) is 6.08 Å². The molecule has 108 valence electrons. The second-order valence-corrected chi connectivity index (χ2v) is 5.22. The number of aromatic nitrogens is 2. The zero-order valence-corrected chi connectivity index (χ0v) is 11.5. The maximum Gasteiger partial charge on any atom is 0.329 e. The minimum Gasteiger partial charge on any atom is -0.480 e. The van der Waals surface area contributed by atoms with Gasteiger partial charge in [-0.1, -0.05) is 19.3 Å².